The van der Waals surface area contributed by atoms with E-state index in [0.29, 0.717) is 0 Å². The predicted octanol–water partition coefficient (Wildman–Crippen LogP) is 2.15. The zero-order chi connectivity index (χ0) is 6.62. The minimum absolute atomic E-state index is 0.402. The molecule has 0 N–H and O–H groups in total. The molecule has 0 bridgehead atoms. The summed E-state index contributed by atoms with van der Waals surface area (Å²) in [7, 11) is 0. The molecular formula is C6H15PTe. The second-order valence-corrected chi connectivity index (χ2v) is 12.7. The van der Waals surface area contributed by atoms with Gasteiger partial charge in [-0.05, 0) is 0 Å². The molecule has 50 valence electrons. The van der Waals surface area contributed by atoms with Gasteiger partial charge in [-0.25, -0.2) is 0 Å². The van der Waals surface area contributed by atoms with E-state index < -0.39 is 4.49 Å². The maximum absolute atomic E-state index is 2.39. The summed E-state index contributed by atoms with van der Waals surface area (Å²) in [6, 6.07) is 0. The van der Waals surface area contributed by atoms with Crippen molar-refractivity contribution in [2.75, 3.05) is 18.5 Å². The first kappa shape index (κ1) is 9.22. The third-order valence-corrected chi connectivity index (χ3v) is 11.8. The molecule has 0 aromatic heterocycles. The second kappa shape index (κ2) is 4.10. The summed E-state index contributed by atoms with van der Waals surface area (Å²) in [6.07, 6.45) is 4.30. The van der Waals surface area contributed by atoms with Crippen LogP contribution >= 0.6 is 4.49 Å². The Hall–Kier alpha value is 1.22. The van der Waals surface area contributed by atoms with Crippen molar-refractivity contribution in [1.82, 2.24) is 0 Å². The van der Waals surface area contributed by atoms with E-state index in [0.717, 1.165) is 0 Å². The van der Waals surface area contributed by atoms with Crippen molar-refractivity contribution >= 4 is 25.7 Å². The first-order valence-corrected chi connectivity index (χ1v) is 8.64. The molecule has 8 heavy (non-hydrogen) atoms. The molecule has 0 saturated heterocycles. The molecule has 0 rings (SSSR count). The van der Waals surface area contributed by atoms with Crippen LogP contribution in [0.3, 0.4) is 0 Å². The molecular weight excluding hydrogens is 231 g/mol. The van der Waals surface area contributed by atoms with Gasteiger partial charge in [0.1, 0.15) is 0 Å². The standard InChI is InChI=1S/C6H15PTe/c1-4-7(8,5-2)6-3/h4-6H2,1-3H3. The number of hydrogen-bond acceptors (Lipinski definition) is 0. The quantitative estimate of drug-likeness (QED) is 0.528. The Bertz CT molecular complexity index is 79.7. The van der Waals surface area contributed by atoms with Gasteiger partial charge in [0.25, 0.3) is 0 Å². The molecule has 0 unspecified atom stereocenters. The molecule has 0 aromatic carbocycles. The van der Waals surface area contributed by atoms with E-state index in [1.807, 2.05) is 0 Å². The van der Waals surface area contributed by atoms with Crippen LogP contribution in [0.15, 0.2) is 0 Å². The molecule has 0 aromatic rings. The summed E-state index contributed by atoms with van der Waals surface area (Å²) >= 11 is 2.39. The Morgan fingerprint density at radius 2 is 1.25 bits per heavy atom. The fourth-order valence-electron chi connectivity index (χ4n) is 0.671. The molecule has 0 atom stereocenters. The zero-order valence-corrected chi connectivity index (χ0v) is 9.20. The summed E-state index contributed by atoms with van der Waals surface area (Å²) in [5.41, 5.74) is 0. The molecule has 0 heterocycles. The minimum atomic E-state index is -0.402. The van der Waals surface area contributed by atoms with E-state index in [1.54, 1.807) is 0 Å². The summed E-state index contributed by atoms with van der Waals surface area (Å²) < 4.78 is -0.402. The molecule has 0 nitrogen and oxygen atoms in total. The van der Waals surface area contributed by atoms with Crippen LogP contribution in [-0.2, 0) is 0 Å². The monoisotopic (exact) mass is 248 g/mol. The van der Waals surface area contributed by atoms with E-state index in [4.69, 9.17) is 0 Å². The average molecular weight is 246 g/mol. The Morgan fingerprint density at radius 3 is 1.25 bits per heavy atom. The van der Waals surface area contributed by atoms with Crippen molar-refractivity contribution in [3.8, 4) is 0 Å². The molecule has 0 amide bonds. The molecule has 2 heteroatoms. The first-order valence-electron chi connectivity index (χ1n) is 3.25. The van der Waals surface area contributed by atoms with Crippen molar-refractivity contribution < 1.29 is 0 Å². The number of hydrogen-bond donors (Lipinski definition) is 0. The number of rotatable bonds is 3. The molecule has 0 saturated carbocycles. The van der Waals surface area contributed by atoms with E-state index >= 15 is 0 Å². The summed E-state index contributed by atoms with van der Waals surface area (Å²) in [5.74, 6) is 0. The topological polar surface area (TPSA) is 0 Å². The summed E-state index contributed by atoms with van der Waals surface area (Å²) in [5, 5.41) is 0. The normalized spacial score (nSPS) is 11.9. The van der Waals surface area contributed by atoms with Gasteiger partial charge in [0, 0.05) is 0 Å². The SMILES string of the molecule is CCP(=[Te])(CC)CC. The Labute approximate surface area is 65.0 Å². The molecule has 0 aliphatic rings. The second-order valence-electron chi connectivity index (χ2n) is 2.01. The molecule has 0 fully saturated rings. The Balaban J connectivity index is 3.79. The van der Waals surface area contributed by atoms with E-state index in [2.05, 4.69) is 42.0 Å². The zero-order valence-electron chi connectivity index (χ0n) is 5.98. The van der Waals surface area contributed by atoms with Crippen molar-refractivity contribution in [1.29, 1.82) is 0 Å². The van der Waals surface area contributed by atoms with Crippen LogP contribution in [0.2, 0.25) is 0 Å². The van der Waals surface area contributed by atoms with Gasteiger partial charge in [-0.1, -0.05) is 0 Å². The van der Waals surface area contributed by atoms with E-state index in [9.17, 15) is 0 Å². The van der Waals surface area contributed by atoms with Crippen molar-refractivity contribution in [3.05, 3.63) is 0 Å². The molecule has 0 spiro atoms. The van der Waals surface area contributed by atoms with Gasteiger partial charge in [-0.2, -0.15) is 0 Å². The fourth-order valence-corrected chi connectivity index (χ4v) is 2.01. The van der Waals surface area contributed by atoms with Gasteiger partial charge in [0.05, 0.1) is 0 Å². The van der Waals surface area contributed by atoms with Crippen LogP contribution in [0, 0.1) is 0 Å². The average Bonchev–Trinajstić information content (AvgIpc) is 1.87. The Morgan fingerprint density at radius 1 is 1.00 bits per heavy atom. The van der Waals surface area contributed by atoms with E-state index in [1.165, 1.54) is 18.5 Å². The van der Waals surface area contributed by atoms with Crippen molar-refractivity contribution in [3.63, 3.8) is 0 Å². The first-order chi connectivity index (χ1) is 3.68. The van der Waals surface area contributed by atoms with Crippen LogP contribution in [0.5, 0.6) is 0 Å². The van der Waals surface area contributed by atoms with Crippen LogP contribution < -0.4 is 0 Å². The van der Waals surface area contributed by atoms with Crippen LogP contribution in [0.4, 0.5) is 0 Å². The van der Waals surface area contributed by atoms with Crippen LogP contribution in [0.1, 0.15) is 20.8 Å². The third kappa shape index (κ3) is 2.67. The van der Waals surface area contributed by atoms with Crippen LogP contribution in [0.25, 0.3) is 0 Å². The van der Waals surface area contributed by atoms with Gasteiger partial charge in [0.2, 0.25) is 0 Å². The van der Waals surface area contributed by atoms with Gasteiger partial charge in [-0.3, -0.25) is 0 Å². The summed E-state index contributed by atoms with van der Waals surface area (Å²) in [6.45, 7) is 6.97. The molecule has 0 radical (unpaired) electrons. The predicted molar refractivity (Wildman–Crippen MR) is 44.3 cm³/mol. The van der Waals surface area contributed by atoms with Gasteiger partial charge < -0.3 is 0 Å². The fraction of sp³-hybridized carbons (Fsp3) is 1.00. The van der Waals surface area contributed by atoms with E-state index in [-0.39, 0.29) is 0 Å². The van der Waals surface area contributed by atoms with Gasteiger partial charge >= 0.3 is 65.0 Å². The third-order valence-electron chi connectivity index (χ3n) is 1.73. The van der Waals surface area contributed by atoms with Crippen molar-refractivity contribution in [2.24, 2.45) is 0 Å². The van der Waals surface area contributed by atoms with Gasteiger partial charge in [-0.15, -0.1) is 0 Å². The van der Waals surface area contributed by atoms with Crippen molar-refractivity contribution in [2.45, 2.75) is 20.8 Å². The molecule has 0 aliphatic heterocycles. The summed E-state index contributed by atoms with van der Waals surface area (Å²) in [4.78, 5) is 0. The van der Waals surface area contributed by atoms with Crippen LogP contribution in [-0.4, -0.2) is 39.7 Å². The Kier molecular flexibility index (Phi) is 4.73. The molecule has 0 aliphatic carbocycles. The maximum atomic E-state index is 2.39. The van der Waals surface area contributed by atoms with Gasteiger partial charge in [0.15, 0.2) is 0 Å².